The summed E-state index contributed by atoms with van der Waals surface area (Å²) in [5.74, 6) is 0.304. The summed E-state index contributed by atoms with van der Waals surface area (Å²) in [4.78, 5) is 31.9. The number of aryl methyl sites for hydroxylation is 2. The number of rotatable bonds is 4. The Morgan fingerprint density at radius 2 is 1.78 bits per heavy atom. The van der Waals surface area contributed by atoms with E-state index in [9.17, 15) is 9.59 Å². The van der Waals surface area contributed by atoms with Crippen LogP contribution in [-0.4, -0.2) is 39.4 Å². The third-order valence-corrected chi connectivity index (χ3v) is 6.37. The predicted octanol–water partition coefficient (Wildman–Crippen LogP) is 4.94. The van der Waals surface area contributed by atoms with E-state index in [0.29, 0.717) is 36.8 Å². The lowest BCUT2D eigenvalue weighted by atomic mass is 9.95. The van der Waals surface area contributed by atoms with Crippen molar-refractivity contribution in [2.24, 2.45) is 5.92 Å². The van der Waals surface area contributed by atoms with Gasteiger partial charge in [0.05, 0.1) is 10.6 Å². The minimum absolute atomic E-state index is 0.0242. The van der Waals surface area contributed by atoms with Crippen LogP contribution >= 0.6 is 11.6 Å². The van der Waals surface area contributed by atoms with Gasteiger partial charge in [0.1, 0.15) is 5.82 Å². The van der Waals surface area contributed by atoms with Gasteiger partial charge >= 0.3 is 0 Å². The van der Waals surface area contributed by atoms with Crippen LogP contribution in [0.1, 0.15) is 40.2 Å². The zero-order valence-corrected chi connectivity index (χ0v) is 19.3. The molecule has 166 valence electrons. The van der Waals surface area contributed by atoms with Crippen LogP contribution in [0.5, 0.6) is 0 Å². The molecule has 0 bridgehead atoms. The minimum Gasteiger partial charge on any atom is -0.339 e. The highest BCUT2D eigenvalue weighted by Gasteiger charge is 2.29. The lowest BCUT2D eigenvalue weighted by molar-refractivity contribution is -0.121. The van der Waals surface area contributed by atoms with Gasteiger partial charge in [-0.2, -0.15) is 0 Å². The second-order valence-corrected chi connectivity index (χ2v) is 8.76. The number of pyridine rings is 1. The highest BCUT2D eigenvalue weighted by Crippen LogP contribution is 2.26. The van der Waals surface area contributed by atoms with E-state index < -0.39 is 0 Å². The normalized spacial score (nSPS) is 14.4. The Morgan fingerprint density at radius 3 is 2.44 bits per heavy atom. The van der Waals surface area contributed by atoms with Gasteiger partial charge in [-0.3, -0.25) is 9.59 Å². The van der Waals surface area contributed by atoms with Gasteiger partial charge in [0, 0.05) is 42.3 Å². The molecular weight excluding hydrogens is 424 g/mol. The average Bonchev–Trinajstić information content (AvgIpc) is 3.09. The van der Waals surface area contributed by atoms with Crippen molar-refractivity contribution in [3.8, 4) is 5.69 Å². The van der Waals surface area contributed by atoms with E-state index in [1.807, 2.05) is 36.9 Å². The van der Waals surface area contributed by atoms with Crippen LogP contribution in [0.2, 0.25) is 5.02 Å². The van der Waals surface area contributed by atoms with Gasteiger partial charge in [0.2, 0.25) is 5.91 Å². The van der Waals surface area contributed by atoms with E-state index in [0.717, 1.165) is 28.2 Å². The molecule has 0 aliphatic carbocycles. The Bertz CT molecular complexity index is 1150. The molecule has 4 rings (SSSR count). The van der Waals surface area contributed by atoms with Gasteiger partial charge in [0.25, 0.3) is 5.91 Å². The first-order chi connectivity index (χ1) is 15.3. The molecule has 0 spiro atoms. The fraction of sp³-hybridized carbons (Fsp3) is 0.320. The van der Waals surface area contributed by atoms with Gasteiger partial charge < -0.3 is 14.8 Å². The maximum absolute atomic E-state index is 13.3. The maximum atomic E-state index is 13.3. The molecule has 2 aromatic heterocycles. The smallest absolute Gasteiger partial charge is 0.255 e. The van der Waals surface area contributed by atoms with E-state index in [4.69, 9.17) is 11.6 Å². The van der Waals surface area contributed by atoms with Gasteiger partial charge in [-0.25, -0.2) is 4.98 Å². The number of nitrogens with one attached hydrogen (secondary N) is 1. The molecule has 1 saturated heterocycles. The zero-order chi connectivity index (χ0) is 22.8. The summed E-state index contributed by atoms with van der Waals surface area (Å²) in [5, 5.41) is 3.37. The predicted molar refractivity (Wildman–Crippen MR) is 126 cm³/mol. The number of likely N-dealkylation sites (tertiary alicyclic amines) is 1. The SMILES string of the molecule is Cc1ccccc1-n1c(C)cc(C(=O)N2CCC(C(=O)Nc3ccc(Cl)cn3)CC2)c1C. The van der Waals surface area contributed by atoms with E-state index in [1.54, 1.807) is 12.1 Å². The zero-order valence-electron chi connectivity index (χ0n) is 18.6. The number of para-hydroxylation sites is 1. The first-order valence-corrected chi connectivity index (χ1v) is 11.2. The van der Waals surface area contributed by atoms with Gasteiger partial charge in [-0.15, -0.1) is 0 Å². The number of hydrogen-bond acceptors (Lipinski definition) is 3. The molecule has 1 aromatic carbocycles. The largest absolute Gasteiger partial charge is 0.339 e. The molecule has 7 heteroatoms. The van der Waals surface area contributed by atoms with Crippen LogP contribution in [0.4, 0.5) is 5.82 Å². The molecular formula is C25H27ClN4O2. The van der Waals surface area contributed by atoms with Gasteiger partial charge in [0.15, 0.2) is 0 Å². The Labute approximate surface area is 193 Å². The lowest BCUT2D eigenvalue weighted by Crippen LogP contribution is -2.41. The molecule has 32 heavy (non-hydrogen) atoms. The third kappa shape index (κ3) is 4.41. The van der Waals surface area contributed by atoms with Crippen LogP contribution < -0.4 is 5.32 Å². The number of hydrogen-bond donors (Lipinski definition) is 1. The summed E-state index contributed by atoms with van der Waals surface area (Å²) in [7, 11) is 0. The van der Waals surface area contributed by atoms with Crippen LogP contribution in [0.15, 0.2) is 48.7 Å². The maximum Gasteiger partial charge on any atom is 0.255 e. The molecule has 0 radical (unpaired) electrons. The van der Waals surface area contributed by atoms with Crippen molar-refractivity contribution >= 4 is 29.2 Å². The molecule has 0 atom stereocenters. The number of anilines is 1. The Hall–Kier alpha value is -3.12. The van der Waals surface area contributed by atoms with Gasteiger partial charge in [-0.1, -0.05) is 29.8 Å². The number of benzene rings is 1. The van der Waals surface area contributed by atoms with Crippen molar-refractivity contribution in [3.63, 3.8) is 0 Å². The fourth-order valence-electron chi connectivity index (χ4n) is 4.36. The quantitative estimate of drug-likeness (QED) is 0.612. The minimum atomic E-state index is -0.143. The lowest BCUT2D eigenvalue weighted by Gasteiger charge is -2.31. The van der Waals surface area contributed by atoms with Crippen molar-refractivity contribution in [1.82, 2.24) is 14.5 Å². The Morgan fingerprint density at radius 1 is 1.06 bits per heavy atom. The summed E-state index contributed by atoms with van der Waals surface area (Å²) in [5.41, 5.74) is 4.95. The fourth-order valence-corrected chi connectivity index (χ4v) is 4.47. The van der Waals surface area contributed by atoms with Crippen molar-refractivity contribution in [3.05, 3.63) is 76.2 Å². The van der Waals surface area contributed by atoms with Crippen molar-refractivity contribution in [2.75, 3.05) is 18.4 Å². The van der Waals surface area contributed by atoms with E-state index in [2.05, 4.69) is 33.9 Å². The van der Waals surface area contributed by atoms with Crippen LogP contribution in [-0.2, 0) is 4.79 Å². The summed E-state index contributed by atoms with van der Waals surface area (Å²) in [6, 6.07) is 13.5. The molecule has 3 heterocycles. The molecule has 2 amide bonds. The van der Waals surface area contributed by atoms with Crippen LogP contribution in [0, 0.1) is 26.7 Å². The molecule has 1 aliphatic rings. The first kappa shape index (κ1) is 22.1. The molecule has 1 fully saturated rings. The molecule has 1 N–H and O–H groups in total. The number of carbonyl (C=O) groups excluding carboxylic acids is 2. The van der Waals surface area contributed by atoms with E-state index >= 15 is 0 Å². The highest BCUT2D eigenvalue weighted by atomic mass is 35.5. The second kappa shape index (κ2) is 9.17. The van der Waals surface area contributed by atoms with E-state index in [-0.39, 0.29) is 17.7 Å². The number of amides is 2. The number of halogens is 1. The third-order valence-electron chi connectivity index (χ3n) is 6.15. The molecule has 0 unspecified atom stereocenters. The number of piperidine rings is 1. The molecule has 6 nitrogen and oxygen atoms in total. The standard InChI is InChI=1S/C25H27ClN4O2/c1-16-6-4-5-7-22(16)30-17(2)14-21(18(30)3)25(32)29-12-10-19(11-13-29)24(31)28-23-9-8-20(26)15-27-23/h4-9,14-15,19H,10-13H2,1-3H3,(H,27,28,31). The first-order valence-electron chi connectivity index (χ1n) is 10.8. The van der Waals surface area contributed by atoms with Gasteiger partial charge in [-0.05, 0) is 63.4 Å². The van der Waals surface area contributed by atoms with Crippen molar-refractivity contribution in [1.29, 1.82) is 0 Å². The van der Waals surface area contributed by atoms with Crippen molar-refractivity contribution < 1.29 is 9.59 Å². The average molecular weight is 451 g/mol. The summed E-state index contributed by atoms with van der Waals surface area (Å²) < 4.78 is 2.14. The van der Waals surface area contributed by atoms with Crippen LogP contribution in [0.3, 0.4) is 0 Å². The van der Waals surface area contributed by atoms with Crippen LogP contribution in [0.25, 0.3) is 5.69 Å². The van der Waals surface area contributed by atoms with E-state index in [1.165, 1.54) is 6.20 Å². The summed E-state index contributed by atoms with van der Waals surface area (Å²) in [6.45, 7) is 7.20. The number of aromatic nitrogens is 2. The molecule has 1 aliphatic heterocycles. The molecule has 3 aromatic rings. The second-order valence-electron chi connectivity index (χ2n) is 8.32. The number of nitrogens with zero attached hydrogens (tertiary/aromatic N) is 3. The number of carbonyl (C=O) groups is 2. The molecule has 0 saturated carbocycles. The Kier molecular flexibility index (Phi) is 6.33. The summed E-state index contributed by atoms with van der Waals surface area (Å²) in [6.07, 6.45) is 2.76. The Balaban J connectivity index is 1.43. The highest BCUT2D eigenvalue weighted by molar-refractivity contribution is 6.30. The topological polar surface area (TPSA) is 67.2 Å². The monoisotopic (exact) mass is 450 g/mol. The summed E-state index contributed by atoms with van der Waals surface area (Å²) >= 11 is 5.84. The van der Waals surface area contributed by atoms with Crippen molar-refractivity contribution in [2.45, 2.75) is 33.6 Å².